The molecule has 1 aliphatic heterocycles. The number of anilines is 1. The lowest BCUT2D eigenvalue weighted by atomic mass is 9.86. The van der Waals surface area contributed by atoms with Gasteiger partial charge in [0.05, 0.1) is 0 Å². The summed E-state index contributed by atoms with van der Waals surface area (Å²) in [5.74, 6) is 0. The number of benzene rings is 1. The van der Waals surface area contributed by atoms with Crippen LogP contribution in [0.2, 0.25) is 0 Å². The van der Waals surface area contributed by atoms with E-state index in [4.69, 9.17) is 0 Å². The first-order chi connectivity index (χ1) is 8.58. The van der Waals surface area contributed by atoms with Crippen LogP contribution in [0.15, 0.2) is 42.7 Å². The molecule has 92 valence electrons. The predicted molar refractivity (Wildman–Crippen MR) is 76.0 cm³/mol. The van der Waals surface area contributed by atoms with Crippen molar-refractivity contribution in [1.82, 2.24) is 4.98 Å². The maximum absolute atomic E-state index is 4.19. The maximum atomic E-state index is 4.19. The molecule has 2 aromatic rings. The molecule has 0 spiro atoms. The van der Waals surface area contributed by atoms with E-state index < -0.39 is 0 Å². The van der Waals surface area contributed by atoms with Crippen LogP contribution < -0.4 is 4.90 Å². The first-order valence-corrected chi connectivity index (χ1v) is 6.34. The molecule has 0 N–H and O–H groups in total. The summed E-state index contributed by atoms with van der Waals surface area (Å²) >= 11 is 0. The van der Waals surface area contributed by atoms with Gasteiger partial charge in [0.1, 0.15) is 0 Å². The lowest BCUT2D eigenvalue weighted by Gasteiger charge is -2.18. The summed E-state index contributed by atoms with van der Waals surface area (Å²) < 4.78 is 0. The number of pyridine rings is 1. The number of fused-ring (bicyclic) bond motifs is 1. The third-order valence-electron chi connectivity index (χ3n) is 3.77. The molecular formula is C16H18N2. The second kappa shape index (κ2) is 3.84. The van der Waals surface area contributed by atoms with Crippen molar-refractivity contribution in [3.05, 3.63) is 48.3 Å². The third-order valence-corrected chi connectivity index (χ3v) is 3.77. The third kappa shape index (κ3) is 1.69. The van der Waals surface area contributed by atoms with E-state index >= 15 is 0 Å². The van der Waals surface area contributed by atoms with E-state index in [2.05, 4.69) is 55.0 Å². The Bertz CT molecular complexity index is 573. The second-order valence-corrected chi connectivity index (χ2v) is 5.71. The number of nitrogens with zero attached hydrogens (tertiary/aromatic N) is 2. The highest BCUT2D eigenvalue weighted by Gasteiger charge is 2.33. The fourth-order valence-corrected chi connectivity index (χ4v) is 2.90. The van der Waals surface area contributed by atoms with Gasteiger partial charge in [-0.2, -0.15) is 0 Å². The normalized spacial score (nSPS) is 16.7. The molecule has 3 rings (SSSR count). The number of rotatable bonds is 1. The summed E-state index contributed by atoms with van der Waals surface area (Å²) in [4.78, 5) is 6.53. The number of hydrogen-bond donors (Lipinski definition) is 0. The molecule has 0 saturated heterocycles. The SMILES string of the molecule is CN1CC(C)(C)c2ccc(-c3cccnc3)cc21. The molecule has 1 aliphatic rings. The average Bonchev–Trinajstić information content (AvgIpc) is 2.61. The highest BCUT2D eigenvalue weighted by Crippen LogP contribution is 2.41. The Hall–Kier alpha value is -1.83. The smallest absolute Gasteiger partial charge is 0.0408 e. The highest BCUT2D eigenvalue weighted by molar-refractivity contribution is 5.73. The molecule has 1 aromatic carbocycles. The van der Waals surface area contributed by atoms with Crippen LogP contribution in [0, 0.1) is 0 Å². The van der Waals surface area contributed by atoms with Gasteiger partial charge < -0.3 is 4.90 Å². The Balaban J connectivity index is 2.11. The van der Waals surface area contributed by atoms with Crippen molar-refractivity contribution in [2.24, 2.45) is 0 Å². The molecule has 2 heterocycles. The van der Waals surface area contributed by atoms with Crippen molar-refractivity contribution in [2.45, 2.75) is 19.3 Å². The summed E-state index contributed by atoms with van der Waals surface area (Å²) in [5, 5.41) is 0. The van der Waals surface area contributed by atoms with Crippen LogP contribution in [0.5, 0.6) is 0 Å². The largest absolute Gasteiger partial charge is 0.373 e. The monoisotopic (exact) mass is 238 g/mol. The molecule has 0 atom stereocenters. The molecule has 0 radical (unpaired) electrons. The first kappa shape index (κ1) is 11.3. The predicted octanol–water partition coefficient (Wildman–Crippen LogP) is 3.48. The topological polar surface area (TPSA) is 16.1 Å². The Labute approximate surface area is 108 Å². The number of aromatic nitrogens is 1. The van der Waals surface area contributed by atoms with Crippen LogP contribution in [0.3, 0.4) is 0 Å². The zero-order chi connectivity index (χ0) is 12.8. The Morgan fingerprint density at radius 1 is 1.17 bits per heavy atom. The Kier molecular flexibility index (Phi) is 2.40. The van der Waals surface area contributed by atoms with E-state index in [1.807, 2.05) is 18.5 Å². The van der Waals surface area contributed by atoms with E-state index in [1.165, 1.54) is 22.4 Å². The molecule has 0 unspecified atom stereocenters. The summed E-state index contributed by atoms with van der Waals surface area (Å²) in [6.07, 6.45) is 3.73. The summed E-state index contributed by atoms with van der Waals surface area (Å²) in [7, 11) is 2.17. The average molecular weight is 238 g/mol. The zero-order valence-corrected chi connectivity index (χ0v) is 11.1. The van der Waals surface area contributed by atoms with Gasteiger partial charge in [-0.05, 0) is 23.3 Å². The summed E-state index contributed by atoms with van der Waals surface area (Å²) in [5.41, 5.74) is 5.46. The van der Waals surface area contributed by atoms with E-state index in [9.17, 15) is 0 Å². The standard InChI is InChI=1S/C16H18N2/c1-16(2)11-18(3)15-9-12(6-7-14(15)16)13-5-4-8-17-10-13/h4-10H,11H2,1-3H3. The van der Waals surface area contributed by atoms with Crippen molar-refractivity contribution >= 4 is 5.69 Å². The first-order valence-electron chi connectivity index (χ1n) is 6.34. The lowest BCUT2D eigenvalue weighted by Crippen LogP contribution is -2.24. The molecule has 0 amide bonds. The molecule has 2 nitrogen and oxygen atoms in total. The van der Waals surface area contributed by atoms with Crippen LogP contribution in [-0.4, -0.2) is 18.6 Å². The Morgan fingerprint density at radius 3 is 2.72 bits per heavy atom. The van der Waals surface area contributed by atoms with Gasteiger partial charge in [0.2, 0.25) is 0 Å². The van der Waals surface area contributed by atoms with Gasteiger partial charge >= 0.3 is 0 Å². The van der Waals surface area contributed by atoms with Crippen LogP contribution in [0.4, 0.5) is 5.69 Å². The number of hydrogen-bond acceptors (Lipinski definition) is 2. The molecule has 0 saturated carbocycles. The minimum absolute atomic E-state index is 0.248. The quantitative estimate of drug-likeness (QED) is 0.756. The van der Waals surface area contributed by atoms with E-state index in [1.54, 1.807) is 0 Å². The lowest BCUT2D eigenvalue weighted by molar-refractivity contribution is 0.563. The molecule has 0 aliphatic carbocycles. The van der Waals surface area contributed by atoms with Gasteiger partial charge in [-0.1, -0.05) is 32.0 Å². The second-order valence-electron chi connectivity index (χ2n) is 5.71. The molecule has 18 heavy (non-hydrogen) atoms. The van der Waals surface area contributed by atoms with Crippen LogP contribution in [-0.2, 0) is 5.41 Å². The molecule has 1 aromatic heterocycles. The van der Waals surface area contributed by atoms with Crippen molar-refractivity contribution < 1.29 is 0 Å². The van der Waals surface area contributed by atoms with Gasteiger partial charge in [0.15, 0.2) is 0 Å². The molecule has 2 heteroatoms. The summed E-state index contributed by atoms with van der Waals surface area (Å²) in [6.45, 7) is 5.69. The van der Waals surface area contributed by atoms with Crippen molar-refractivity contribution in [3.63, 3.8) is 0 Å². The van der Waals surface area contributed by atoms with Crippen molar-refractivity contribution in [1.29, 1.82) is 0 Å². The van der Waals surface area contributed by atoms with Gasteiger partial charge in [0, 0.05) is 42.7 Å². The van der Waals surface area contributed by atoms with Crippen LogP contribution in [0.1, 0.15) is 19.4 Å². The molecule has 0 fully saturated rings. The van der Waals surface area contributed by atoms with Gasteiger partial charge in [-0.15, -0.1) is 0 Å². The fraction of sp³-hybridized carbons (Fsp3) is 0.312. The zero-order valence-electron chi connectivity index (χ0n) is 11.1. The maximum Gasteiger partial charge on any atom is 0.0408 e. The van der Waals surface area contributed by atoms with Gasteiger partial charge in [-0.25, -0.2) is 0 Å². The van der Waals surface area contributed by atoms with Gasteiger partial charge in [-0.3, -0.25) is 4.98 Å². The van der Waals surface area contributed by atoms with E-state index in [-0.39, 0.29) is 5.41 Å². The van der Waals surface area contributed by atoms with Crippen molar-refractivity contribution in [3.8, 4) is 11.1 Å². The highest BCUT2D eigenvalue weighted by atomic mass is 15.1. The number of likely N-dealkylation sites (N-methyl/N-ethyl adjacent to an activating group) is 1. The fourth-order valence-electron chi connectivity index (χ4n) is 2.90. The van der Waals surface area contributed by atoms with Crippen LogP contribution >= 0.6 is 0 Å². The van der Waals surface area contributed by atoms with Crippen molar-refractivity contribution in [2.75, 3.05) is 18.5 Å². The Morgan fingerprint density at radius 2 is 2.00 bits per heavy atom. The van der Waals surface area contributed by atoms with Gasteiger partial charge in [0.25, 0.3) is 0 Å². The van der Waals surface area contributed by atoms with Crippen LogP contribution in [0.25, 0.3) is 11.1 Å². The minimum atomic E-state index is 0.248. The van der Waals surface area contributed by atoms with E-state index in [0.717, 1.165) is 6.54 Å². The minimum Gasteiger partial charge on any atom is -0.373 e. The molecule has 0 bridgehead atoms. The summed E-state index contributed by atoms with van der Waals surface area (Å²) in [6, 6.07) is 10.8. The molecular weight excluding hydrogens is 220 g/mol. The van der Waals surface area contributed by atoms with E-state index in [0.29, 0.717) is 0 Å².